The van der Waals surface area contributed by atoms with Crippen LogP contribution in [0.1, 0.15) is 22.3 Å². The summed E-state index contributed by atoms with van der Waals surface area (Å²) in [4.78, 5) is 0. The number of fused-ring (bicyclic) bond motifs is 3. The Kier molecular flexibility index (Phi) is 3.17. The monoisotopic (exact) mass is 283 g/mol. The predicted molar refractivity (Wildman–Crippen MR) is 63.9 cm³/mol. The first-order valence-corrected chi connectivity index (χ1v) is 5.31. The summed E-state index contributed by atoms with van der Waals surface area (Å²) in [7, 11) is 0. The average molecular weight is 284 g/mol. The molecule has 0 saturated heterocycles. The van der Waals surface area contributed by atoms with Crippen molar-refractivity contribution in [2.75, 3.05) is 0 Å². The maximum atomic E-state index is 2.28. The standard InChI is InChI=1S/C15H13.Zr/c1-10-6-7-14-13(8-10)9-12-5-3-4-11(2)15(12)14;/h3-9H,1-2H3;. The first kappa shape index (κ1) is 11.8. The molecular weight excluding hydrogens is 271 g/mol. The molecule has 0 amide bonds. The largest absolute Gasteiger partial charge is 0.0617 e. The van der Waals surface area contributed by atoms with Gasteiger partial charge in [-0.3, -0.25) is 0 Å². The van der Waals surface area contributed by atoms with Crippen molar-refractivity contribution in [2.45, 2.75) is 13.8 Å². The summed E-state index contributed by atoms with van der Waals surface area (Å²) in [5.74, 6) is 0. The average Bonchev–Trinajstić information content (AvgIpc) is 2.56. The first-order chi connectivity index (χ1) is 7.25. The summed E-state index contributed by atoms with van der Waals surface area (Å²) in [5, 5.41) is 0. The van der Waals surface area contributed by atoms with E-state index in [4.69, 9.17) is 0 Å². The van der Waals surface area contributed by atoms with Gasteiger partial charge >= 0.3 is 0 Å². The molecule has 0 aromatic heterocycles. The smallest absolute Gasteiger partial charge is 0.0212 e. The molecule has 0 fully saturated rings. The van der Waals surface area contributed by atoms with Crippen molar-refractivity contribution in [3.63, 3.8) is 0 Å². The van der Waals surface area contributed by atoms with E-state index < -0.39 is 0 Å². The normalized spacial score (nSPS) is 11.6. The zero-order valence-electron chi connectivity index (χ0n) is 9.54. The Morgan fingerprint density at radius 3 is 2.50 bits per heavy atom. The van der Waals surface area contributed by atoms with Crippen LogP contribution in [0.4, 0.5) is 0 Å². The van der Waals surface area contributed by atoms with Gasteiger partial charge in [0.05, 0.1) is 0 Å². The Hall–Kier alpha value is -0.677. The van der Waals surface area contributed by atoms with E-state index in [0.29, 0.717) is 0 Å². The van der Waals surface area contributed by atoms with E-state index in [0.717, 1.165) is 0 Å². The van der Waals surface area contributed by atoms with Crippen molar-refractivity contribution < 1.29 is 26.2 Å². The van der Waals surface area contributed by atoms with Crippen LogP contribution in [0.3, 0.4) is 0 Å². The molecule has 3 rings (SSSR count). The van der Waals surface area contributed by atoms with Gasteiger partial charge in [-0.1, -0.05) is 42.0 Å². The first-order valence-electron chi connectivity index (χ1n) is 5.31. The Labute approximate surface area is 116 Å². The molecule has 16 heavy (non-hydrogen) atoms. The van der Waals surface area contributed by atoms with Crippen molar-refractivity contribution in [1.82, 2.24) is 0 Å². The summed E-state index contributed by atoms with van der Waals surface area (Å²) < 4.78 is 0. The van der Waals surface area contributed by atoms with Crippen LogP contribution in [-0.2, 0) is 26.2 Å². The van der Waals surface area contributed by atoms with Crippen LogP contribution in [0.25, 0.3) is 11.1 Å². The van der Waals surface area contributed by atoms with Gasteiger partial charge in [0, 0.05) is 32.6 Å². The van der Waals surface area contributed by atoms with E-state index in [-0.39, 0.29) is 26.2 Å². The predicted octanol–water partition coefficient (Wildman–Crippen LogP) is 3.88. The summed E-state index contributed by atoms with van der Waals surface area (Å²) in [6.45, 7) is 4.32. The van der Waals surface area contributed by atoms with Crippen LogP contribution < -0.4 is 0 Å². The van der Waals surface area contributed by atoms with Crippen LogP contribution in [0.2, 0.25) is 0 Å². The van der Waals surface area contributed by atoms with Crippen LogP contribution in [0.15, 0.2) is 36.4 Å². The van der Waals surface area contributed by atoms with Crippen molar-refractivity contribution >= 4 is 0 Å². The van der Waals surface area contributed by atoms with E-state index in [2.05, 4.69) is 56.7 Å². The molecule has 0 saturated carbocycles. The molecule has 0 atom stereocenters. The number of rotatable bonds is 0. The third-order valence-electron chi connectivity index (χ3n) is 3.09. The van der Waals surface area contributed by atoms with E-state index in [9.17, 15) is 0 Å². The van der Waals surface area contributed by atoms with E-state index in [1.165, 1.54) is 33.4 Å². The molecule has 0 heterocycles. The SMILES string of the molecule is Cc1ccc2c(c1)[CH]c1cccc(C)c1-2.[Zr]. The molecule has 2 aromatic carbocycles. The van der Waals surface area contributed by atoms with E-state index >= 15 is 0 Å². The minimum Gasteiger partial charge on any atom is -0.0617 e. The Morgan fingerprint density at radius 2 is 1.69 bits per heavy atom. The Bertz CT molecular complexity index is 541. The fourth-order valence-corrected chi connectivity index (χ4v) is 2.38. The van der Waals surface area contributed by atoms with Gasteiger partial charge in [-0.25, -0.2) is 0 Å². The quantitative estimate of drug-likeness (QED) is 0.588. The molecule has 77 valence electrons. The van der Waals surface area contributed by atoms with Gasteiger partial charge in [-0.2, -0.15) is 0 Å². The van der Waals surface area contributed by atoms with Gasteiger partial charge in [0.15, 0.2) is 0 Å². The van der Waals surface area contributed by atoms with Crippen molar-refractivity contribution in [1.29, 1.82) is 0 Å². The molecule has 1 aliphatic rings. The summed E-state index contributed by atoms with van der Waals surface area (Å²) in [6.07, 6.45) is 2.28. The molecule has 1 aliphatic carbocycles. The second kappa shape index (κ2) is 4.30. The molecular formula is C15H13Zr. The molecule has 1 radical (unpaired) electrons. The van der Waals surface area contributed by atoms with Gasteiger partial charge < -0.3 is 0 Å². The summed E-state index contributed by atoms with van der Waals surface area (Å²) in [5.41, 5.74) is 8.21. The third-order valence-corrected chi connectivity index (χ3v) is 3.09. The topological polar surface area (TPSA) is 0 Å². The second-order valence-corrected chi connectivity index (χ2v) is 4.27. The summed E-state index contributed by atoms with van der Waals surface area (Å²) in [6, 6.07) is 13.2. The third kappa shape index (κ3) is 1.72. The zero-order chi connectivity index (χ0) is 10.4. The molecule has 0 unspecified atom stereocenters. The molecule has 2 aromatic rings. The number of aryl methyl sites for hydroxylation is 2. The maximum absolute atomic E-state index is 2.28. The Morgan fingerprint density at radius 1 is 0.875 bits per heavy atom. The maximum Gasteiger partial charge on any atom is 0.0212 e. The fraction of sp³-hybridized carbons (Fsp3) is 0.133. The van der Waals surface area contributed by atoms with Gasteiger partial charge in [0.25, 0.3) is 0 Å². The van der Waals surface area contributed by atoms with Crippen LogP contribution in [0.5, 0.6) is 0 Å². The van der Waals surface area contributed by atoms with E-state index in [1.807, 2.05) is 0 Å². The molecule has 0 aliphatic heterocycles. The number of benzene rings is 2. The summed E-state index contributed by atoms with van der Waals surface area (Å²) >= 11 is 0. The Balaban J connectivity index is 0.000000963. The minimum absolute atomic E-state index is 0. The number of hydrogen-bond acceptors (Lipinski definition) is 0. The molecule has 0 spiro atoms. The van der Waals surface area contributed by atoms with Crippen LogP contribution >= 0.6 is 0 Å². The molecule has 0 bridgehead atoms. The van der Waals surface area contributed by atoms with Crippen LogP contribution in [-0.4, -0.2) is 0 Å². The van der Waals surface area contributed by atoms with Crippen molar-refractivity contribution in [2.24, 2.45) is 0 Å². The van der Waals surface area contributed by atoms with E-state index in [1.54, 1.807) is 0 Å². The van der Waals surface area contributed by atoms with Gasteiger partial charge in [-0.05, 0) is 41.7 Å². The van der Waals surface area contributed by atoms with Gasteiger partial charge in [0.2, 0.25) is 0 Å². The molecule has 1 heteroatoms. The minimum atomic E-state index is 0. The van der Waals surface area contributed by atoms with Crippen molar-refractivity contribution in [3.05, 3.63) is 65.1 Å². The van der Waals surface area contributed by atoms with Gasteiger partial charge in [0.1, 0.15) is 0 Å². The molecule has 0 nitrogen and oxygen atoms in total. The van der Waals surface area contributed by atoms with Crippen molar-refractivity contribution in [3.8, 4) is 11.1 Å². The zero-order valence-corrected chi connectivity index (χ0v) is 12.0. The number of hydrogen-bond donors (Lipinski definition) is 0. The molecule has 0 N–H and O–H groups in total. The fourth-order valence-electron chi connectivity index (χ4n) is 2.38. The van der Waals surface area contributed by atoms with Gasteiger partial charge in [-0.15, -0.1) is 0 Å². The second-order valence-electron chi connectivity index (χ2n) is 4.27. The van der Waals surface area contributed by atoms with Crippen LogP contribution in [0, 0.1) is 20.3 Å².